The van der Waals surface area contributed by atoms with Gasteiger partial charge in [-0.2, -0.15) is 0 Å². The van der Waals surface area contributed by atoms with Crippen LogP contribution in [0, 0.1) is 0 Å². The molecule has 1 heterocycles. The summed E-state index contributed by atoms with van der Waals surface area (Å²) in [4.78, 5) is 13.4. The highest BCUT2D eigenvalue weighted by Gasteiger charge is 2.25. The molecular weight excluding hydrogens is 338 g/mol. The first-order valence-electron chi connectivity index (χ1n) is 8.10. The Morgan fingerprint density at radius 3 is 2.64 bits per heavy atom. The van der Waals surface area contributed by atoms with E-state index in [0.717, 1.165) is 17.5 Å². The van der Waals surface area contributed by atoms with Gasteiger partial charge >= 0.3 is 0 Å². The van der Waals surface area contributed by atoms with Crippen LogP contribution in [0.15, 0.2) is 53.4 Å². The van der Waals surface area contributed by atoms with Gasteiger partial charge < -0.3 is 10.6 Å². The second-order valence-corrected chi connectivity index (χ2v) is 7.85. The van der Waals surface area contributed by atoms with Crippen molar-refractivity contribution in [2.45, 2.75) is 24.3 Å². The van der Waals surface area contributed by atoms with Crippen molar-refractivity contribution >= 4 is 21.6 Å². The molecule has 1 unspecified atom stereocenters. The molecule has 0 aliphatic carbocycles. The standard InChI is InChI=1S/C18H21N3O3S/c1-13(22)21-10-9-15-7-8-16(11-18(15)21)25(23,24)20-12-17(19)14-5-3-2-4-6-14/h2-8,11,17,20H,9-10,12,19H2,1H3. The normalized spacial score (nSPS) is 15.0. The summed E-state index contributed by atoms with van der Waals surface area (Å²) >= 11 is 0. The van der Waals surface area contributed by atoms with Gasteiger partial charge in [0.2, 0.25) is 15.9 Å². The molecule has 7 heteroatoms. The molecule has 3 rings (SSSR count). The highest BCUT2D eigenvalue weighted by molar-refractivity contribution is 7.89. The summed E-state index contributed by atoms with van der Waals surface area (Å²) in [6.07, 6.45) is 0.738. The van der Waals surface area contributed by atoms with Crippen LogP contribution in [0.25, 0.3) is 0 Å². The van der Waals surface area contributed by atoms with Crippen LogP contribution in [0.3, 0.4) is 0 Å². The molecule has 0 radical (unpaired) electrons. The Bertz CT molecular complexity index is 882. The predicted octanol–water partition coefficient (Wildman–Crippen LogP) is 1.57. The number of amides is 1. The number of carbonyl (C=O) groups excluding carboxylic acids is 1. The van der Waals surface area contributed by atoms with Crippen molar-refractivity contribution in [2.24, 2.45) is 5.73 Å². The van der Waals surface area contributed by atoms with Gasteiger partial charge in [0.1, 0.15) is 0 Å². The van der Waals surface area contributed by atoms with E-state index in [1.807, 2.05) is 30.3 Å². The largest absolute Gasteiger partial charge is 0.323 e. The third kappa shape index (κ3) is 3.73. The number of fused-ring (bicyclic) bond motifs is 1. The molecule has 0 saturated carbocycles. The average molecular weight is 359 g/mol. The minimum Gasteiger partial charge on any atom is -0.323 e. The number of hydrogen-bond acceptors (Lipinski definition) is 4. The van der Waals surface area contributed by atoms with Crippen molar-refractivity contribution in [3.05, 3.63) is 59.7 Å². The van der Waals surface area contributed by atoms with E-state index in [1.54, 1.807) is 23.1 Å². The molecule has 2 aromatic rings. The van der Waals surface area contributed by atoms with Crippen LogP contribution in [0.1, 0.15) is 24.1 Å². The molecule has 0 bridgehead atoms. The van der Waals surface area contributed by atoms with Crippen molar-refractivity contribution in [1.82, 2.24) is 4.72 Å². The van der Waals surface area contributed by atoms with Crippen LogP contribution in [-0.4, -0.2) is 27.4 Å². The van der Waals surface area contributed by atoms with Crippen LogP contribution in [0.5, 0.6) is 0 Å². The number of nitrogens with one attached hydrogen (secondary N) is 1. The summed E-state index contributed by atoms with van der Waals surface area (Å²) in [5.41, 5.74) is 8.57. The number of nitrogens with zero attached hydrogens (tertiary/aromatic N) is 1. The summed E-state index contributed by atoms with van der Waals surface area (Å²) in [5, 5.41) is 0. The van der Waals surface area contributed by atoms with Crippen LogP contribution < -0.4 is 15.4 Å². The van der Waals surface area contributed by atoms with Crippen molar-refractivity contribution in [3.63, 3.8) is 0 Å². The Kier molecular flexibility index (Phi) is 4.89. The zero-order valence-electron chi connectivity index (χ0n) is 14.0. The maximum Gasteiger partial charge on any atom is 0.240 e. The fraction of sp³-hybridized carbons (Fsp3) is 0.278. The van der Waals surface area contributed by atoms with E-state index >= 15 is 0 Å². The zero-order chi connectivity index (χ0) is 18.0. The SMILES string of the molecule is CC(=O)N1CCc2ccc(S(=O)(=O)NCC(N)c3ccccc3)cc21. The van der Waals surface area contributed by atoms with Crippen molar-refractivity contribution in [1.29, 1.82) is 0 Å². The van der Waals surface area contributed by atoms with Crippen molar-refractivity contribution in [3.8, 4) is 0 Å². The molecular formula is C18H21N3O3S. The minimum absolute atomic E-state index is 0.0904. The lowest BCUT2D eigenvalue weighted by molar-refractivity contribution is -0.116. The molecule has 25 heavy (non-hydrogen) atoms. The Balaban J connectivity index is 1.77. The van der Waals surface area contributed by atoms with Gasteiger partial charge in [-0.25, -0.2) is 13.1 Å². The third-order valence-corrected chi connectivity index (χ3v) is 5.78. The molecule has 0 fully saturated rings. The van der Waals surface area contributed by atoms with Gasteiger partial charge in [-0.3, -0.25) is 4.79 Å². The number of benzene rings is 2. The van der Waals surface area contributed by atoms with Gasteiger partial charge in [0.15, 0.2) is 0 Å². The molecule has 0 saturated heterocycles. The molecule has 0 spiro atoms. The lowest BCUT2D eigenvalue weighted by atomic mass is 10.1. The van der Waals surface area contributed by atoms with Gasteiger partial charge in [-0.15, -0.1) is 0 Å². The predicted molar refractivity (Wildman–Crippen MR) is 96.7 cm³/mol. The second kappa shape index (κ2) is 6.95. The lowest BCUT2D eigenvalue weighted by Gasteiger charge is -2.17. The van der Waals surface area contributed by atoms with Gasteiger partial charge in [-0.1, -0.05) is 36.4 Å². The maximum absolute atomic E-state index is 12.6. The summed E-state index contributed by atoms with van der Waals surface area (Å²) in [6, 6.07) is 13.8. The van der Waals surface area contributed by atoms with Gasteiger partial charge in [0, 0.05) is 31.7 Å². The maximum atomic E-state index is 12.6. The van der Waals surface area contributed by atoms with E-state index in [-0.39, 0.29) is 17.3 Å². The Morgan fingerprint density at radius 2 is 1.96 bits per heavy atom. The fourth-order valence-electron chi connectivity index (χ4n) is 2.95. The van der Waals surface area contributed by atoms with Crippen LogP contribution in [-0.2, 0) is 21.2 Å². The molecule has 1 aliphatic heterocycles. The van der Waals surface area contributed by atoms with Gasteiger partial charge in [0.25, 0.3) is 0 Å². The van der Waals surface area contributed by atoms with Crippen LogP contribution in [0.4, 0.5) is 5.69 Å². The summed E-state index contributed by atoms with van der Waals surface area (Å²) in [7, 11) is -3.70. The molecule has 0 aromatic heterocycles. The smallest absolute Gasteiger partial charge is 0.240 e. The Morgan fingerprint density at radius 1 is 1.24 bits per heavy atom. The zero-order valence-corrected chi connectivity index (χ0v) is 14.8. The molecule has 1 aliphatic rings. The van der Waals surface area contributed by atoms with E-state index in [0.29, 0.717) is 12.2 Å². The molecule has 6 nitrogen and oxygen atoms in total. The van der Waals surface area contributed by atoms with E-state index in [2.05, 4.69) is 4.72 Å². The first kappa shape index (κ1) is 17.6. The monoisotopic (exact) mass is 359 g/mol. The van der Waals surface area contributed by atoms with Crippen LogP contribution >= 0.6 is 0 Å². The lowest BCUT2D eigenvalue weighted by Crippen LogP contribution is -2.32. The number of hydrogen-bond donors (Lipinski definition) is 2. The molecule has 3 N–H and O–H groups in total. The summed E-state index contributed by atoms with van der Waals surface area (Å²) < 4.78 is 27.7. The number of sulfonamides is 1. The average Bonchev–Trinajstić information content (AvgIpc) is 3.04. The molecule has 1 atom stereocenters. The van der Waals surface area contributed by atoms with Crippen molar-refractivity contribution in [2.75, 3.05) is 18.0 Å². The number of carbonyl (C=O) groups is 1. The van der Waals surface area contributed by atoms with Crippen molar-refractivity contribution < 1.29 is 13.2 Å². The van der Waals surface area contributed by atoms with Gasteiger partial charge in [0.05, 0.1) is 4.90 Å². The van der Waals surface area contributed by atoms with E-state index < -0.39 is 16.1 Å². The van der Waals surface area contributed by atoms with Crippen LogP contribution in [0.2, 0.25) is 0 Å². The third-order valence-electron chi connectivity index (χ3n) is 4.36. The van der Waals surface area contributed by atoms with E-state index in [1.165, 1.54) is 6.92 Å². The number of nitrogens with two attached hydrogens (primary N) is 1. The fourth-order valence-corrected chi connectivity index (χ4v) is 4.03. The topological polar surface area (TPSA) is 92.5 Å². The number of rotatable bonds is 5. The highest BCUT2D eigenvalue weighted by atomic mass is 32.2. The highest BCUT2D eigenvalue weighted by Crippen LogP contribution is 2.30. The molecule has 1 amide bonds. The first-order chi connectivity index (χ1) is 11.9. The van der Waals surface area contributed by atoms with E-state index in [9.17, 15) is 13.2 Å². The first-order valence-corrected chi connectivity index (χ1v) is 9.58. The summed E-state index contributed by atoms with van der Waals surface area (Å²) in [5.74, 6) is -0.0904. The quantitative estimate of drug-likeness (QED) is 0.848. The summed E-state index contributed by atoms with van der Waals surface area (Å²) in [6.45, 7) is 2.16. The van der Waals surface area contributed by atoms with Gasteiger partial charge in [-0.05, 0) is 29.7 Å². The Labute approximate surface area is 147 Å². The number of anilines is 1. The molecule has 2 aromatic carbocycles. The molecule has 132 valence electrons. The second-order valence-electron chi connectivity index (χ2n) is 6.08. The minimum atomic E-state index is -3.70. The Hall–Kier alpha value is -2.22. The van der Waals surface area contributed by atoms with E-state index in [4.69, 9.17) is 5.73 Å².